The minimum atomic E-state index is -0.282. The van der Waals surface area contributed by atoms with Gasteiger partial charge in [0.15, 0.2) is 0 Å². The fourth-order valence-corrected chi connectivity index (χ4v) is 4.82. The van der Waals surface area contributed by atoms with E-state index in [1.54, 1.807) is 13.0 Å². The smallest absolute Gasteiger partial charge is 0.243 e. The van der Waals surface area contributed by atoms with Crippen LogP contribution in [0.25, 0.3) is 0 Å². The van der Waals surface area contributed by atoms with Crippen LogP contribution in [0.2, 0.25) is 0 Å². The predicted octanol–water partition coefficient (Wildman–Crippen LogP) is 5.56. The van der Waals surface area contributed by atoms with Gasteiger partial charge < -0.3 is 20.2 Å². The number of rotatable bonds is 12. The third-order valence-corrected chi connectivity index (χ3v) is 7.15. The molecule has 210 valence electrons. The number of imidazole rings is 1. The summed E-state index contributed by atoms with van der Waals surface area (Å²) >= 11 is 0. The van der Waals surface area contributed by atoms with Crippen molar-refractivity contribution < 1.29 is 14.5 Å². The normalized spacial score (nSPS) is 14.5. The molecule has 1 heterocycles. The zero-order chi connectivity index (χ0) is 28.6. The van der Waals surface area contributed by atoms with Crippen LogP contribution in [0.4, 0.5) is 22.7 Å². The molecule has 0 fully saturated rings. The van der Waals surface area contributed by atoms with Gasteiger partial charge in [-0.15, -0.1) is 0 Å². The van der Waals surface area contributed by atoms with E-state index < -0.39 is 0 Å². The third-order valence-electron chi connectivity index (χ3n) is 7.15. The van der Waals surface area contributed by atoms with Crippen LogP contribution in [-0.4, -0.2) is 47.3 Å². The fourth-order valence-electron chi connectivity index (χ4n) is 4.82. The lowest BCUT2D eigenvalue weighted by Gasteiger charge is -2.23. The number of allylic oxidation sites excluding steroid dienone is 2. The lowest BCUT2D eigenvalue weighted by molar-refractivity contribution is -0.671. The van der Waals surface area contributed by atoms with Gasteiger partial charge in [0.25, 0.3) is 0 Å². The number of aliphatic imine (C=N–C) groups is 1. The maximum Gasteiger partial charge on any atom is 0.243 e. The Morgan fingerprint density at radius 1 is 0.950 bits per heavy atom. The highest BCUT2D eigenvalue weighted by Gasteiger charge is 2.24. The summed E-state index contributed by atoms with van der Waals surface area (Å²) in [6, 6.07) is 16.0. The summed E-state index contributed by atoms with van der Waals surface area (Å²) in [7, 11) is 2.02. The summed E-state index contributed by atoms with van der Waals surface area (Å²) in [5.74, 6) is -0.338. The van der Waals surface area contributed by atoms with Crippen molar-refractivity contribution in [1.29, 1.82) is 0 Å². The summed E-state index contributed by atoms with van der Waals surface area (Å²) in [5, 5.41) is 14.0. The first-order valence-corrected chi connectivity index (χ1v) is 14.1. The minimum Gasteiger partial charge on any atom is -0.505 e. The Labute approximate surface area is 237 Å². The van der Waals surface area contributed by atoms with Crippen molar-refractivity contribution in [1.82, 2.24) is 4.57 Å². The fraction of sp³-hybridized carbons (Fsp3) is 0.344. The molecule has 0 spiro atoms. The second-order valence-electron chi connectivity index (χ2n) is 10.0. The van der Waals surface area contributed by atoms with Crippen molar-refractivity contribution in [3.8, 4) is 0 Å². The molecule has 0 atom stereocenters. The molecule has 1 aliphatic rings. The Morgan fingerprint density at radius 2 is 1.57 bits per heavy atom. The van der Waals surface area contributed by atoms with E-state index in [2.05, 4.69) is 70.1 Å². The molecule has 0 amide bonds. The molecule has 0 bridgehead atoms. The Hall–Kier alpha value is -4.33. The van der Waals surface area contributed by atoms with Crippen molar-refractivity contribution in [3.05, 3.63) is 90.4 Å². The zero-order valence-corrected chi connectivity index (χ0v) is 24.3. The van der Waals surface area contributed by atoms with Gasteiger partial charge in [0.2, 0.25) is 12.1 Å². The number of likely N-dealkylation sites (N-methyl/N-ethyl adjacent to an activating group) is 1. The van der Waals surface area contributed by atoms with Gasteiger partial charge in [-0.05, 0) is 81.8 Å². The number of hydrogen-bond donors (Lipinski definition) is 2. The molecule has 0 unspecified atom stereocenters. The number of aliphatic hydroxyl groups is 1. The van der Waals surface area contributed by atoms with Crippen molar-refractivity contribution in [2.24, 2.45) is 12.0 Å². The number of aryl methyl sites for hydroxylation is 1. The Kier molecular flexibility index (Phi) is 9.43. The summed E-state index contributed by atoms with van der Waals surface area (Å²) in [5.41, 5.74) is 4.79. The van der Waals surface area contributed by atoms with Gasteiger partial charge >= 0.3 is 0 Å². The van der Waals surface area contributed by atoms with Crippen molar-refractivity contribution in [2.45, 2.75) is 40.7 Å². The van der Waals surface area contributed by atoms with E-state index in [1.807, 2.05) is 54.2 Å². The molecule has 0 saturated heterocycles. The van der Waals surface area contributed by atoms with E-state index in [1.165, 1.54) is 0 Å². The highest BCUT2D eigenvalue weighted by atomic mass is 16.3. The van der Waals surface area contributed by atoms with Gasteiger partial charge in [-0.3, -0.25) is 4.79 Å². The maximum atomic E-state index is 13.0. The molecule has 4 rings (SSSR count). The van der Waals surface area contributed by atoms with Crippen LogP contribution in [0.5, 0.6) is 0 Å². The van der Waals surface area contributed by atoms with Crippen molar-refractivity contribution in [3.63, 3.8) is 0 Å². The molecule has 2 N–H and O–H groups in total. The van der Waals surface area contributed by atoms with Gasteiger partial charge in [-0.1, -0.05) is 6.92 Å². The van der Waals surface area contributed by atoms with Crippen LogP contribution in [-0.2, 0) is 18.4 Å². The van der Waals surface area contributed by atoms with Gasteiger partial charge in [-0.25, -0.2) is 14.1 Å². The molecule has 40 heavy (non-hydrogen) atoms. The summed E-state index contributed by atoms with van der Waals surface area (Å²) in [6.45, 7) is 12.7. The Morgan fingerprint density at radius 3 is 2.15 bits per heavy atom. The first-order valence-electron chi connectivity index (χ1n) is 14.1. The number of nitrogens with one attached hydrogen (secondary N) is 1. The molecule has 8 heteroatoms. The van der Waals surface area contributed by atoms with Gasteiger partial charge in [0, 0.05) is 42.3 Å². The first kappa shape index (κ1) is 28.7. The predicted molar refractivity (Wildman–Crippen MR) is 164 cm³/mol. The number of carbonyl (C=O) groups is 1. The Bertz CT molecular complexity index is 1400. The van der Waals surface area contributed by atoms with Crippen LogP contribution in [0, 0.1) is 0 Å². The number of Topliss-reactive ketones (excluding diaryl/α,β-unsaturated/α-hetero) is 1. The zero-order valence-electron chi connectivity index (χ0n) is 24.3. The standard InChI is InChI=1S/C32H40N6O2/c1-6-17-37(7-2)27-13-9-25(10-14-27)33-29-22-30(32(40)24(4)31(29)39)34-26-11-15-28(16-12-26)38(8-3)21-20-36-19-18-35(5)23-36/h9-16,18-19,22-23H,6-8,17,20-21H2,1-5H3,(H-,33,34,39,40)/p+1. The summed E-state index contributed by atoms with van der Waals surface area (Å²) in [6.07, 6.45) is 8.88. The molecule has 1 aromatic heterocycles. The summed E-state index contributed by atoms with van der Waals surface area (Å²) < 4.78 is 4.20. The average molecular weight is 542 g/mol. The largest absolute Gasteiger partial charge is 0.505 e. The van der Waals surface area contributed by atoms with E-state index in [0.29, 0.717) is 11.4 Å². The van der Waals surface area contributed by atoms with Crippen LogP contribution >= 0.6 is 0 Å². The lowest BCUT2D eigenvalue weighted by atomic mass is 9.99. The third kappa shape index (κ3) is 6.81. The minimum absolute atomic E-state index is 0.0561. The highest BCUT2D eigenvalue weighted by molar-refractivity contribution is 6.51. The van der Waals surface area contributed by atoms with E-state index in [0.717, 1.165) is 56.2 Å². The average Bonchev–Trinajstić information content (AvgIpc) is 3.39. The number of aromatic nitrogens is 2. The van der Waals surface area contributed by atoms with Gasteiger partial charge in [0.05, 0.1) is 25.0 Å². The van der Waals surface area contributed by atoms with Crippen LogP contribution in [0.3, 0.4) is 0 Å². The lowest BCUT2D eigenvalue weighted by Crippen LogP contribution is -2.28. The van der Waals surface area contributed by atoms with E-state index >= 15 is 0 Å². The van der Waals surface area contributed by atoms with Crippen LogP contribution < -0.4 is 19.7 Å². The number of aliphatic hydroxyl groups excluding tert-OH is 1. The molecule has 3 aromatic rings. The van der Waals surface area contributed by atoms with E-state index in [9.17, 15) is 9.90 Å². The van der Waals surface area contributed by atoms with E-state index in [4.69, 9.17) is 0 Å². The molecule has 0 saturated carbocycles. The topological polar surface area (TPSA) is 77.0 Å². The van der Waals surface area contributed by atoms with Gasteiger partial charge in [-0.2, -0.15) is 0 Å². The molecule has 8 nitrogen and oxygen atoms in total. The second kappa shape index (κ2) is 13.2. The highest BCUT2D eigenvalue weighted by Crippen LogP contribution is 2.26. The van der Waals surface area contributed by atoms with Crippen molar-refractivity contribution >= 4 is 34.2 Å². The quantitative estimate of drug-likeness (QED) is 0.232. The molecular weight excluding hydrogens is 500 g/mol. The number of ketones is 1. The number of anilines is 3. The second-order valence-corrected chi connectivity index (χ2v) is 10.0. The van der Waals surface area contributed by atoms with Crippen LogP contribution in [0.15, 0.2) is 95.3 Å². The molecule has 2 aromatic carbocycles. The SMILES string of the molecule is CCCN(CC)c1ccc(NC2=CC(=Nc3ccc(N(CC)CCn4cc[n+](C)c4)cc3)C(=O)C(C)=C2O)cc1. The first-order chi connectivity index (χ1) is 19.3. The molecule has 1 aliphatic carbocycles. The van der Waals surface area contributed by atoms with Crippen LogP contribution in [0.1, 0.15) is 34.1 Å². The number of benzene rings is 2. The Balaban J connectivity index is 1.49. The number of nitrogens with zero attached hydrogens (tertiary/aromatic N) is 5. The maximum absolute atomic E-state index is 13.0. The van der Waals surface area contributed by atoms with E-state index in [-0.39, 0.29) is 22.8 Å². The number of carbonyl (C=O) groups excluding carboxylic acids is 1. The molecular formula is C32H41N6O2+. The molecule has 0 radical (unpaired) electrons. The number of hydrogen-bond acceptors (Lipinski definition) is 6. The monoisotopic (exact) mass is 541 g/mol. The summed E-state index contributed by atoms with van der Waals surface area (Å²) in [4.78, 5) is 22.2. The molecule has 0 aliphatic heterocycles. The van der Waals surface area contributed by atoms with Gasteiger partial charge in [0.1, 0.15) is 30.4 Å². The van der Waals surface area contributed by atoms with Crippen molar-refractivity contribution in [2.75, 3.05) is 41.3 Å².